The summed E-state index contributed by atoms with van der Waals surface area (Å²) in [4.78, 5) is 40.4. The summed E-state index contributed by atoms with van der Waals surface area (Å²) in [6.45, 7) is 4.53. The number of sulfonamides is 1. The number of fused-ring (bicyclic) bond motifs is 1. The molecule has 1 aromatic heterocycles. The zero-order valence-electron chi connectivity index (χ0n) is 16.5. The number of hydrogen-bond donors (Lipinski definition) is 3. The highest BCUT2D eigenvalue weighted by molar-refractivity contribution is 7.89. The van der Waals surface area contributed by atoms with Crippen LogP contribution < -0.4 is 16.6 Å². The topological polar surface area (TPSA) is 132 Å². The molecule has 0 saturated carbocycles. The van der Waals surface area contributed by atoms with Gasteiger partial charge in [-0.25, -0.2) is 13.2 Å². The largest absolute Gasteiger partial charge is 0.356 e. The van der Waals surface area contributed by atoms with Crippen molar-refractivity contribution in [3.8, 4) is 0 Å². The Labute approximate surface area is 168 Å². The first-order valence-corrected chi connectivity index (χ1v) is 11.2. The van der Waals surface area contributed by atoms with Gasteiger partial charge in [0.05, 0.1) is 21.7 Å². The zero-order chi connectivity index (χ0) is 21.2. The third-order valence-corrected chi connectivity index (χ3v) is 7.32. The van der Waals surface area contributed by atoms with Crippen molar-refractivity contribution < 1.29 is 13.2 Å². The van der Waals surface area contributed by atoms with E-state index in [9.17, 15) is 22.8 Å². The maximum absolute atomic E-state index is 13.3. The molecule has 158 valence electrons. The highest BCUT2D eigenvalue weighted by atomic mass is 32.2. The minimum atomic E-state index is -3.91. The molecule has 0 spiro atoms. The van der Waals surface area contributed by atoms with Gasteiger partial charge in [-0.1, -0.05) is 13.3 Å². The van der Waals surface area contributed by atoms with E-state index in [-0.39, 0.29) is 34.3 Å². The predicted octanol–water partition coefficient (Wildman–Crippen LogP) is 0.922. The fourth-order valence-corrected chi connectivity index (χ4v) is 5.33. The van der Waals surface area contributed by atoms with Crippen molar-refractivity contribution in [1.82, 2.24) is 19.6 Å². The first-order chi connectivity index (χ1) is 13.7. The lowest BCUT2D eigenvalue weighted by atomic mass is 9.94. The van der Waals surface area contributed by atoms with Gasteiger partial charge >= 0.3 is 5.69 Å². The Morgan fingerprint density at radius 2 is 2.00 bits per heavy atom. The number of nitrogens with one attached hydrogen (secondary N) is 3. The molecule has 2 unspecified atom stereocenters. The molecule has 3 N–H and O–H groups in total. The number of hydrogen-bond acceptors (Lipinski definition) is 5. The molecule has 29 heavy (non-hydrogen) atoms. The van der Waals surface area contributed by atoms with E-state index >= 15 is 0 Å². The molecule has 0 radical (unpaired) electrons. The van der Waals surface area contributed by atoms with Crippen molar-refractivity contribution in [1.29, 1.82) is 0 Å². The van der Waals surface area contributed by atoms with Gasteiger partial charge < -0.3 is 10.3 Å². The van der Waals surface area contributed by atoms with Crippen LogP contribution in [0.25, 0.3) is 10.9 Å². The molecule has 3 rings (SSSR count). The SMILES string of the molecule is CCCCNC(=O)C1CCC(C)N(S(=O)(=O)c2ccc3[nH]c(=O)[nH]c(=O)c3c2)C1. The molecule has 2 heterocycles. The molecule has 1 amide bonds. The number of carbonyl (C=O) groups excluding carboxylic acids is 1. The van der Waals surface area contributed by atoms with Gasteiger partial charge in [-0.05, 0) is 44.4 Å². The monoisotopic (exact) mass is 422 g/mol. The second-order valence-electron chi connectivity index (χ2n) is 7.46. The molecule has 1 aliphatic rings. The smallest absolute Gasteiger partial charge is 0.326 e. The third kappa shape index (κ3) is 4.43. The number of H-pyrrole nitrogens is 2. The van der Waals surface area contributed by atoms with Crippen LogP contribution in [0.4, 0.5) is 0 Å². The highest BCUT2D eigenvalue weighted by Gasteiger charge is 2.37. The Morgan fingerprint density at radius 3 is 2.72 bits per heavy atom. The van der Waals surface area contributed by atoms with E-state index in [0.717, 1.165) is 12.8 Å². The van der Waals surface area contributed by atoms with Crippen molar-refractivity contribution in [2.45, 2.75) is 50.5 Å². The molecule has 1 aliphatic heterocycles. The lowest BCUT2D eigenvalue weighted by Gasteiger charge is -2.36. The summed E-state index contributed by atoms with van der Waals surface area (Å²) in [6.07, 6.45) is 3.05. The molecule has 1 fully saturated rings. The number of nitrogens with zero attached hydrogens (tertiary/aromatic N) is 1. The summed E-state index contributed by atoms with van der Waals surface area (Å²) in [6, 6.07) is 3.77. The number of aromatic nitrogens is 2. The van der Waals surface area contributed by atoms with Crippen LogP contribution in [0.1, 0.15) is 39.5 Å². The number of aromatic amines is 2. The molecular weight excluding hydrogens is 396 g/mol. The molecule has 0 bridgehead atoms. The second-order valence-corrected chi connectivity index (χ2v) is 9.35. The van der Waals surface area contributed by atoms with E-state index in [1.807, 2.05) is 13.8 Å². The van der Waals surface area contributed by atoms with E-state index in [4.69, 9.17) is 0 Å². The number of unbranched alkanes of at least 4 members (excludes halogenated alkanes) is 1. The van der Waals surface area contributed by atoms with Crippen LogP contribution in [0.5, 0.6) is 0 Å². The maximum atomic E-state index is 13.3. The number of benzene rings is 1. The minimum absolute atomic E-state index is 0.0403. The highest BCUT2D eigenvalue weighted by Crippen LogP contribution is 2.29. The summed E-state index contributed by atoms with van der Waals surface area (Å²) >= 11 is 0. The van der Waals surface area contributed by atoms with E-state index in [0.29, 0.717) is 19.4 Å². The van der Waals surface area contributed by atoms with Gasteiger partial charge in [0.1, 0.15) is 0 Å². The van der Waals surface area contributed by atoms with Crippen molar-refractivity contribution in [2.75, 3.05) is 13.1 Å². The number of rotatable bonds is 6. The van der Waals surface area contributed by atoms with Crippen LogP contribution in [-0.4, -0.2) is 47.7 Å². The first-order valence-electron chi connectivity index (χ1n) is 9.80. The van der Waals surface area contributed by atoms with Crippen molar-refractivity contribution >= 4 is 26.8 Å². The van der Waals surface area contributed by atoms with Gasteiger partial charge in [0.15, 0.2) is 0 Å². The summed E-state index contributed by atoms with van der Waals surface area (Å²) in [5, 5.41) is 2.96. The molecule has 2 aromatic rings. The van der Waals surface area contributed by atoms with Crippen LogP contribution in [0, 0.1) is 5.92 Å². The summed E-state index contributed by atoms with van der Waals surface area (Å²) in [5.41, 5.74) is -1.04. The van der Waals surface area contributed by atoms with Gasteiger partial charge in [0.25, 0.3) is 5.56 Å². The molecule has 9 nitrogen and oxygen atoms in total. The van der Waals surface area contributed by atoms with Crippen LogP contribution >= 0.6 is 0 Å². The molecule has 2 atom stereocenters. The van der Waals surface area contributed by atoms with E-state index in [1.165, 1.54) is 22.5 Å². The van der Waals surface area contributed by atoms with Crippen LogP contribution in [0.2, 0.25) is 0 Å². The van der Waals surface area contributed by atoms with Gasteiger partial charge in [-0.2, -0.15) is 4.31 Å². The van der Waals surface area contributed by atoms with Crippen LogP contribution in [-0.2, 0) is 14.8 Å². The third-order valence-electron chi connectivity index (χ3n) is 5.34. The summed E-state index contributed by atoms with van der Waals surface area (Å²) in [5.74, 6) is -0.531. The van der Waals surface area contributed by atoms with E-state index in [2.05, 4.69) is 15.3 Å². The molecule has 1 aromatic carbocycles. The fraction of sp³-hybridized carbons (Fsp3) is 0.526. The lowest BCUT2D eigenvalue weighted by Crippen LogP contribution is -2.49. The molecule has 1 saturated heterocycles. The molecule has 0 aliphatic carbocycles. The summed E-state index contributed by atoms with van der Waals surface area (Å²) in [7, 11) is -3.91. The number of amides is 1. The van der Waals surface area contributed by atoms with Crippen molar-refractivity contribution in [3.63, 3.8) is 0 Å². The first kappa shape index (κ1) is 21.3. The van der Waals surface area contributed by atoms with Gasteiger partial charge in [0.2, 0.25) is 15.9 Å². The average Bonchev–Trinajstić information content (AvgIpc) is 2.67. The number of piperidine rings is 1. The average molecular weight is 423 g/mol. The van der Waals surface area contributed by atoms with Gasteiger partial charge in [-0.15, -0.1) is 0 Å². The Hall–Kier alpha value is -2.46. The Kier molecular flexibility index (Phi) is 6.23. The quantitative estimate of drug-likeness (QED) is 0.596. The normalized spacial score (nSPS) is 20.6. The summed E-state index contributed by atoms with van der Waals surface area (Å²) < 4.78 is 27.9. The molecule has 10 heteroatoms. The second kappa shape index (κ2) is 8.50. The maximum Gasteiger partial charge on any atom is 0.326 e. The van der Waals surface area contributed by atoms with Crippen molar-refractivity contribution in [3.05, 3.63) is 39.0 Å². The minimum Gasteiger partial charge on any atom is -0.356 e. The van der Waals surface area contributed by atoms with Gasteiger partial charge in [-0.3, -0.25) is 14.6 Å². The zero-order valence-corrected chi connectivity index (χ0v) is 17.3. The lowest BCUT2D eigenvalue weighted by molar-refractivity contribution is -0.126. The van der Waals surface area contributed by atoms with Gasteiger partial charge in [0, 0.05) is 19.1 Å². The van der Waals surface area contributed by atoms with E-state index in [1.54, 1.807) is 0 Å². The Balaban J connectivity index is 1.89. The van der Waals surface area contributed by atoms with Crippen LogP contribution in [0.15, 0.2) is 32.7 Å². The van der Waals surface area contributed by atoms with E-state index < -0.39 is 27.2 Å². The standard InChI is InChI=1S/C19H26N4O5S/c1-3-4-9-20-17(24)13-6-5-12(2)23(11-13)29(27,28)14-7-8-16-15(10-14)18(25)22-19(26)21-16/h7-8,10,12-13H,3-6,9,11H2,1-2H3,(H,20,24)(H2,21,22,25,26). The fourth-order valence-electron chi connectivity index (χ4n) is 3.60. The number of carbonyl (C=O) groups is 1. The predicted molar refractivity (Wildman–Crippen MR) is 109 cm³/mol. The van der Waals surface area contributed by atoms with Crippen molar-refractivity contribution in [2.24, 2.45) is 5.92 Å². The Bertz CT molecular complexity index is 1120. The van der Waals surface area contributed by atoms with Crippen LogP contribution in [0.3, 0.4) is 0 Å². The molecular formula is C19H26N4O5S. The Morgan fingerprint density at radius 1 is 1.24 bits per heavy atom.